The van der Waals surface area contributed by atoms with E-state index in [1.165, 1.54) is 17.3 Å². The van der Waals surface area contributed by atoms with Gasteiger partial charge in [0.05, 0.1) is 12.9 Å². The molecule has 1 aliphatic carbocycles. The fraction of sp³-hybridized carbons (Fsp3) is 0.800. The first-order valence-corrected chi connectivity index (χ1v) is 7.50. The molecule has 0 aromatic carbocycles. The van der Waals surface area contributed by atoms with Crippen molar-refractivity contribution in [3.8, 4) is 0 Å². The largest absolute Gasteiger partial charge is 0.368 e. The van der Waals surface area contributed by atoms with E-state index in [4.69, 9.17) is 4.18 Å². The minimum Gasteiger partial charge on any atom is -0.368 e. The number of aliphatic hydroxyl groups is 1. The minimum absolute atomic E-state index is 0.0673. The Hall–Kier alpha value is -0.990. The molecule has 1 N–H and O–H groups in total. The van der Waals surface area contributed by atoms with Crippen molar-refractivity contribution in [1.82, 2.24) is 14.8 Å². The smallest absolute Gasteiger partial charge is 0.264 e. The molecule has 18 heavy (non-hydrogen) atoms. The number of hydrogen-bond acceptors (Lipinski definition) is 6. The first-order chi connectivity index (χ1) is 8.27. The van der Waals surface area contributed by atoms with Gasteiger partial charge in [-0.15, -0.1) is 0 Å². The van der Waals surface area contributed by atoms with Crippen LogP contribution in [0.25, 0.3) is 0 Å². The highest BCUT2D eigenvalue weighted by Gasteiger charge is 2.53. The van der Waals surface area contributed by atoms with Crippen LogP contribution in [-0.4, -0.2) is 41.2 Å². The predicted octanol–water partition coefficient (Wildman–Crippen LogP) is 0.0896. The van der Waals surface area contributed by atoms with E-state index in [1.807, 2.05) is 0 Å². The van der Waals surface area contributed by atoms with Gasteiger partial charge in [-0.3, -0.25) is 4.18 Å². The fourth-order valence-electron chi connectivity index (χ4n) is 2.44. The highest BCUT2D eigenvalue weighted by Crippen LogP contribution is 2.49. The molecule has 2 rings (SSSR count). The van der Waals surface area contributed by atoms with Crippen LogP contribution in [0.5, 0.6) is 0 Å². The van der Waals surface area contributed by atoms with Crippen molar-refractivity contribution < 1.29 is 17.7 Å². The normalized spacial score (nSPS) is 32.8. The minimum atomic E-state index is -3.53. The molecule has 102 valence electrons. The highest BCUT2D eigenvalue weighted by molar-refractivity contribution is 7.85. The second-order valence-corrected chi connectivity index (χ2v) is 6.68. The highest BCUT2D eigenvalue weighted by atomic mass is 32.2. The van der Waals surface area contributed by atoms with Crippen LogP contribution in [0.15, 0.2) is 12.7 Å². The van der Waals surface area contributed by atoms with Crippen molar-refractivity contribution >= 4 is 10.1 Å². The molecule has 1 fully saturated rings. The molecule has 1 aromatic heterocycles. The van der Waals surface area contributed by atoms with Gasteiger partial charge in [-0.1, -0.05) is 6.92 Å². The summed E-state index contributed by atoms with van der Waals surface area (Å²) in [4.78, 5) is 3.82. The van der Waals surface area contributed by atoms with Crippen molar-refractivity contribution in [2.45, 2.75) is 31.9 Å². The van der Waals surface area contributed by atoms with Crippen molar-refractivity contribution in [1.29, 1.82) is 0 Å². The number of aromatic nitrogens is 3. The summed E-state index contributed by atoms with van der Waals surface area (Å²) >= 11 is 0. The Balaban J connectivity index is 2.25. The van der Waals surface area contributed by atoms with E-state index in [2.05, 4.69) is 10.1 Å². The van der Waals surface area contributed by atoms with Crippen LogP contribution in [-0.2, 0) is 20.0 Å². The second kappa shape index (κ2) is 4.29. The lowest BCUT2D eigenvalue weighted by Crippen LogP contribution is -2.47. The standard InChI is InChI=1S/C10H17N3O4S/c1-9(6-17-18(2,15)16)4-3-5-10(9,14)13-8-11-7-12-13/h7-8,14H,3-6H2,1-2H3. The lowest BCUT2D eigenvalue weighted by atomic mass is 9.82. The molecule has 7 nitrogen and oxygen atoms in total. The molecule has 0 bridgehead atoms. The summed E-state index contributed by atoms with van der Waals surface area (Å²) in [5.74, 6) is 0. The van der Waals surface area contributed by atoms with Gasteiger partial charge in [-0.2, -0.15) is 13.5 Å². The van der Waals surface area contributed by atoms with E-state index in [0.29, 0.717) is 12.8 Å². The van der Waals surface area contributed by atoms with Crippen LogP contribution in [0.3, 0.4) is 0 Å². The third-order valence-corrected chi connectivity index (χ3v) is 4.16. The van der Waals surface area contributed by atoms with Crippen molar-refractivity contribution in [2.75, 3.05) is 12.9 Å². The van der Waals surface area contributed by atoms with Gasteiger partial charge in [0.1, 0.15) is 12.7 Å². The van der Waals surface area contributed by atoms with Crippen LogP contribution in [0.2, 0.25) is 0 Å². The van der Waals surface area contributed by atoms with Crippen LogP contribution in [0.4, 0.5) is 0 Å². The topological polar surface area (TPSA) is 94.3 Å². The van der Waals surface area contributed by atoms with E-state index < -0.39 is 21.3 Å². The van der Waals surface area contributed by atoms with Crippen LogP contribution >= 0.6 is 0 Å². The van der Waals surface area contributed by atoms with Gasteiger partial charge in [0.25, 0.3) is 10.1 Å². The Labute approximate surface area is 106 Å². The molecule has 2 atom stereocenters. The maximum absolute atomic E-state index is 11.1. The van der Waals surface area contributed by atoms with Gasteiger partial charge >= 0.3 is 0 Å². The van der Waals surface area contributed by atoms with Crippen LogP contribution < -0.4 is 0 Å². The predicted molar refractivity (Wildman–Crippen MR) is 63.0 cm³/mol. The lowest BCUT2D eigenvalue weighted by Gasteiger charge is -2.38. The molecule has 0 radical (unpaired) electrons. The van der Waals surface area contributed by atoms with Crippen LogP contribution in [0, 0.1) is 5.41 Å². The van der Waals surface area contributed by atoms with Crippen molar-refractivity contribution in [3.05, 3.63) is 12.7 Å². The van der Waals surface area contributed by atoms with Gasteiger partial charge in [0.2, 0.25) is 0 Å². The van der Waals surface area contributed by atoms with Gasteiger partial charge < -0.3 is 5.11 Å². The Morgan fingerprint density at radius 3 is 2.78 bits per heavy atom. The molecule has 0 aliphatic heterocycles. The summed E-state index contributed by atoms with van der Waals surface area (Å²) in [6.07, 6.45) is 5.72. The van der Waals surface area contributed by atoms with E-state index in [0.717, 1.165) is 12.7 Å². The summed E-state index contributed by atoms with van der Waals surface area (Å²) < 4.78 is 28.4. The van der Waals surface area contributed by atoms with Gasteiger partial charge in [-0.05, 0) is 19.3 Å². The number of hydrogen-bond donors (Lipinski definition) is 1. The Kier molecular flexibility index (Phi) is 3.20. The molecule has 0 saturated heterocycles. The molecule has 1 aromatic rings. The van der Waals surface area contributed by atoms with E-state index in [1.54, 1.807) is 6.92 Å². The third kappa shape index (κ3) is 2.27. The monoisotopic (exact) mass is 275 g/mol. The zero-order chi connectivity index (χ0) is 13.4. The molecule has 2 unspecified atom stereocenters. The number of nitrogens with zero attached hydrogens (tertiary/aromatic N) is 3. The molecule has 1 aliphatic rings. The number of rotatable bonds is 4. The Morgan fingerprint density at radius 2 is 2.22 bits per heavy atom. The first kappa shape index (κ1) is 13.4. The average Bonchev–Trinajstić information content (AvgIpc) is 2.86. The second-order valence-electron chi connectivity index (χ2n) is 5.04. The molecule has 0 amide bonds. The fourth-order valence-corrected chi connectivity index (χ4v) is 2.92. The van der Waals surface area contributed by atoms with Crippen molar-refractivity contribution in [2.24, 2.45) is 5.41 Å². The molecule has 0 spiro atoms. The Bertz CT molecular complexity index is 515. The molecule has 1 heterocycles. The SMILES string of the molecule is CC1(COS(C)(=O)=O)CCCC1(O)n1cncn1. The summed E-state index contributed by atoms with van der Waals surface area (Å²) in [6, 6.07) is 0. The lowest BCUT2D eigenvalue weighted by molar-refractivity contribution is -0.143. The van der Waals surface area contributed by atoms with E-state index >= 15 is 0 Å². The Morgan fingerprint density at radius 1 is 1.50 bits per heavy atom. The summed E-state index contributed by atoms with van der Waals surface area (Å²) in [5.41, 5.74) is -1.96. The van der Waals surface area contributed by atoms with Gasteiger partial charge in [-0.25, -0.2) is 9.67 Å². The van der Waals surface area contributed by atoms with Gasteiger partial charge in [0.15, 0.2) is 5.72 Å². The maximum Gasteiger partial charge on any atom is 0.264 e. The summed E-state index contributed by atoms with van der Waals surface area (Å²) in [7, 11) is -3.53. The summed E-state index contributed by atoms with van der Waals surface area (Å²) in [5, 5.41) is 14.7. The molecule has 8 heteroatoms. The molecule has 1 saturated carbocycles. The maximum atomic E-state index is 11.1. The van der Waals surface area contributed by atoms with Crippen molar-refractivity contribution in [3.63, 3.8) is 0 Å². The summed E-state index contributed by atoms with van der Waals surface area (Å²) in [6.45, 7) is 1.73. The zero-order valence-electron chi connectivity index (χ0n) is 10.4. The first-order valence-electron chi connectivity index (χ1n) is 5.69. The third-order valence-electron chi connectivity index (χ3n) is 3.61. The van der Waals surface area contributed by atoms with Gasteiger partial charge in [0, 0.05) is 5.41 Å². The average molecular weight is 275 g/mol. The van der Waals surface area contributed by atoms with E-state index in [9.17, 15) is 13.5 Å². The zero-order valence-corrected chi connectivity index (χ0v) is 11.2. The molecular weight excluding hydrogens is 258 g/mol. The van der Waals surface area contributed by atoms with E-state index in [-0.39, 0.29) is 6.61 Å². The molecular formula is C10H17N3O4S. The van der Waals surface area contributed by atoms with Crippen LogP contribution in [0.1, 0.15) is 26.2 Å². The quantitative estimate of drug-likeness (QED) is 0.783.